The number of aromatic nitrogens is 1. The SMILES string of the molecule is O=C1CSC(=NN=Cc2cc([N+](=O)[O-])ccc2Sc2ccccn2)N1. The van der Waals surface area contributed by atoms with Crippen LogP contribution in [0.15, 0.2) is 62.7 Å². The first-order valence-electron chi connectivity index (χ1n) is 7.03. The van der Waals surface area contributed by atoms with Crippen molar-refractivity contribution in [3.63, 3.8) is 0 Å². The zero-order valence-electron chi connectivity index (χ0n) is 12.7. The van der Waals surface area contributed by atoms with Crippen LogP contribution in [0.4, 0.5) is 5.69 Å². The molecule has 8 nitrogen and oxygen atoms in total. The first-order valence-corrected chi connectivity index (χ1v) is 8.83. The van der Waals surface area contributed by atoms with E-state index in [2.05, 4.69) is 20.5 Å². The van der Waals surface area contributed by atoms with Gasteiger partial charge in [-0.1, -0.05) is 29.6 Å². The van der Waals surface area contributed by atoms with E-state index in [0.29, 0.717) is 16.5 Å². The maximum absolute atomic E-state index is 11.1. The van der Waals surface area contributed by atoms with E-state index in [0.717, 1.165) is 9.92 Å². The summed E-state index contributed by atoms with van der Waals surface area (Å²) in [7, 11) is 0. The van der Waals surface area contributed by atoms with Crippen molar-refractivity contribution < 1.29 is 9.72 Å². The smallest absolute Gasteiger partial charge is 0.270 e. The first kappa shape index (κ1) is 17.1. The lowest BCUT2D eigenvalue weighted by atomic mass is 10.2. The number of nitrogens with one attached hydrogen (secondary N) is 1. The molecule has 25 heavy (non-hydrogen) atoms. The largest absolute Gasteiger partial charge is 0.303 e. The van der Waals surface area contributed by atoms with E-state index in [9.17, 15) is 14.9 Å². The van der Waals surface area contributed by atoms with Crippen LogP contribution in [0.1, 0.15) is 5.56 Å². The second-order valence-corrected chi connectivity index (χ2v) is 6.76. The summed E-state index contributed by atoms with van der Waals surface area (Å²) in [6, 6.07) is 10.0. The Morgan fingerprint density at radius 2 is 2.24 bits per heavy atom. The molecule has 1 aromatic heterocycles. The minimum atomic E-state index is -0.467. The summed E-state index contributed by atoms with van der Waals surface area (Å²) in [6.07, 6.45) is 3.10. The topological polar surface area (TPSA) is 110 Å². The van der Waals surface area contributed by atoms with Crippen molar-refractivity contribution in [1.29, 1.82) is 0 Å². The van der Waals surface area contributed by atoms with Gasteiger partial charge in [-0.25, -0.2) is 4.98 Å². The third-order valence-electron chi connectivity index (χ3n) is 2.99. The van der Waals surface area contributed by atoms with Crippen LogP contribution in [-0.4, -0.2) is 32.9 Å². The van der Waals surface area contributed by atoms with Gasteiger partial charge in [-0.15, -0.1) is 5.10 Å². The Bertz CT molecular complexity index is 871. The lowest BCUT2D eigenvalue weighted by Gasteiger charge is -2.04. The Morgan fingerprint density at radius 1 is 1.36 bits per heavy atom. The summed E-state index contributed by atoms with van der Waals surface area (Å²) >= 11 is 2.62. The number of hydrogen-bond acceptors (Lipinski definition) is 8. The van der Waals surface area contributed by atoms with Crippen LogP contribution in [0.5, 0.6) is 0 Å². The second kappa shape index (κ2) is 7.90. The van der Waals surface area contributed by atoms with Crippen molar-refractivity contribution in [3.8, 4) is 0 Å². The predicted molar refractivity (Wildman–Crippen MR) is 97.1 cm³/mol. The zero-order chi connectivity index (χ0) is 17.6. The van der Waals surface area contributed by atoms with Crippen LogP contribution in [0.3, 0.4) is 0 Å². The fourth-order valence-electron chi connectivity index (χ4n) is 1.89. The minimum Gasteiger partial charge on any atom is -0.303 e. The molecule has 0 spiro atoms. The van der Waals surface area contributed by atoms with Crippen molar-refractivity contribution in [3.05, 3.63) is 58.3 Å². The maximum atomic E-state index is 11.1. The van der Waals surface area contributed by atoms with Gasteiger partial charge in [-0.2, -0.15) is 5.10 Å². The van der Waals surface area contributed by atoms with E-state index < -0.39 is 4.92 Å². The molecule has 0 radical (unpaired) electrons. The molecule has 1 fully saturated rings. The molecule has 10 heteroatoms. The highest BCUT2D eigenvalue weighted by Crippen LogP contribution is 2.30. The number of nitrogens with zero attached hydrogens (tertiary/aromatic N) is 4. The van der Waals surface area contributed by atoms with Crippen LogP contribution >= 0.6 is 23.5 Å². The molecule has 126 valence electrons. The first-order chi connectivity index (χ1) is 12.1. The highest BCUT2D eigenvalue weighted by atomic mass is 32.2. The van der Waals surface area contributed by atoms with Crippen molar-refractivity contribution >= 4 is 46.5 Å². The van der Waals surface area contributed by atoms with Crippen molar-refractivity contribution in [2.75, 3.05) is 5.75 Å². The summed E-state index contributed by atoms with van der Waals surface area (Å²) in [5, 5.41) is 22.6. The molecule has 0 aliphatic carbocycles. The number of non-ortho nitro benzene ring substituents is 1. The number of pyridine rings is 1. The van der Waals surface area contributed by atoms with Gasteiger partial charge in [0.2, 0.25) is 5.91 Å². The molecule has 1 amide bonds. The number of benzene rings is 1. The summed E-state index contributed by atoms with van der Waals surface area (Å²) in [5.41, 5.74) is 0.506. The summed E-state index contributed by atoms with van der Waals surface area (Å²) in [4.78, 5) is 26.6. The molecule has 1 aliphatic heterocycles. The molecule has 3 rings (SSSR count). The number of carbonyl (C=O) groups is 1. The number of amidine groups is 1. The normalized spacial score (nSPS) is 15.7. The molecule has 1 N–H and O–H groups in total. The molecular formula is C15H11N5O3S2. The van der Waals surface area contributed by atoms with Gasteiger partial charge in [0.25, 0.3) is 5.69 Å². The minimum absolute atomic E-state index is 0.0389. The third-order valence-corrected chi connectivity index (χ3v) is 4.89. The number of hydrogen-bond donors (Lipinski definition) is 1. The Balaban J connectivity index is 1.87. The van der Waals surface area contributed by atoms with Gasteiger partial charge in [-0.3, -0.25) is 14.9 Å². The summed E-state index contributed by atoms with van der Waals surface area (Å²) in [5.74, 6) is 0.187. The zero-order valence-corrected chi connectivity index (χ0v) is 14.3. The molecule has 0 saturated carbocycles. The Hall–Kier alpha value is -2.72. The number of nitro groups is 1. The van der Waals surface area contributed by atoms with Gasteiger partial charge < -0.3 is 5.32 Å². The van der Waals surface area contributed by atoms with E-state index in [1.165, 1.54) is 41.9 Å². The molecule has 0 unspecified atom stereocenters. The fraction of sp³-hybridized carbons (Fsp3) is 0.0667. The quantitative estimate of drug-likeness (QED) is 0.490. The molecule has 2 heterocycles. The molecule has 1 aromatic carbocycles. The van der Waals surface area contributed by atoms with E-state index in [1.54, 1.807) is 12.3 Å². The Morgan fingerprint density at radius 3 is 2.92 bits per heavy atom. The van der Waals surface area contributed by atoms with Gasteiger partial charge in [0.15, 0.2) is 5.17 Å². The van der Waals surface area contributed by atoms with Gasteiger partial charge >= 0.3 is 0 Å². The fourth-order valence-corrected chi connectivity index (χ4v) is 3.37. The average Bonchev–Trinajstić information content (AvgIpc) is 3.02. The van der Waals surface area contributed by atoms with Crippen LogP contribution in [0.2, 0.25) is 0 Å². The van der Waals surface area contributed by atoms with Crippen LogP contribution in [0.25, 0.3) is 0 Å². The number of carbonyl (C=O) groups excluding carboxylic acids is 1. The number of amides is 1. The molecule has 1 aliphatic rings. The maximum Gasteiger partial charge on any atom is 0.270 e. The van der Waals surface area contributed by atoms with Gasteiger partial charge in [0.1, 0.15) is 5.03 Å². The Kier molecular flexibility index (Phi) is 5.41. The monoisotopic (exact) mass is 373 g/mol. The lowest BCUT2D eigenvalue weighted by Crippen LogP contribution is -2.19. The van der Waals surface area contributed by atoms with Crippen molar-refractivity contribution in [1.82, 2.24) is 10.3 Å². The molecule has 0 bridgehead atoms. The second-order valence-electron chi connectivity index (χ2n) is 4.74. The predicted octanol–water partition coefficient (Wildman–Crippen LogP) is 2.69. The summed E-state index contributed by atoms with van der Waals surface area (Å²) in [6.45, 7) is 0. The van der Waals surface area contributed by atoms with E-state index in [-0.39, 0.29) is 11.6 Å². The molecule has 2 aromatic rings. The highest BCUT2D eigenvalue weighted by Gasteiger charge is 2.16. The molecule has 0 atom stereocenters. The van der Waals surface area contributed by atoms with Crippen molar-refractivity contribution in [2.45, 2.75) is 9.92 Å². The molecule has 1 saturated heterocycles. The van der Waals surface area contributed by atoms with Crippen LogP contribution < -0.4 is 5.32 Å². The van der Waals surface area contributed by atoms with E-state index >= 15 is 0 Å². The van der Waals surface area contributed by atoms with Gasteiger partial charge in [-0.05, 0) is 18.2 Å². The molecular weight excluding hydrogens is 362 g/mol. The average molecular weight is 373 g/mol. The van der Waals surface area contributed by atoms with Crippen LogP contribution in [0, 0.1) is 10.1 Å². The van der Waals surface area contributed by atoms with Crippen LogP contribution in [-0.2, 0) is 4.79 Å². The van der Waals surface area contributed by atoms with Gasteiger partial charge in [0.05, 0.1) is 16.9 Å². The summed E-state index contributed by atoms with van der Waals surface area (Å²) < 4.78 is 0. The third kappa shape index (κ3) is 4.64. The lowest BCUT2D eigenvalue weighted by molar-refractivity contribution is -0.384. The standard InChI is InChI=1S/C15H11N5O3S2/c21-13-9-24-15(18-13)19-17-8-10-7-11(20(22)23)4-5-12(10)25-14-3-1-2-6-16-14/h1-8H,9H2,(H,18,19,21). The van der Waals surface area contributed by atoms with Crippen molar-refractivity contribution in [2.24, 2.45) is 10.2 Å². The van der Waals surface area contributed by atoms with E-state index in [4.69, 9.17) is 0 Å². The number of thioether (sulfide) groups is 1. The number of nitro benzene ring substituents is 1. The van der Waals surface area contributed by atoms with E-state index in [1.807, 2.05) is 18.2 Å². The van der Waals surface area contributed by atoms with Gasteiger partial charge in [0, 0.05) is 28.8 Å². The highest BCUT2D eigenvalue weighted by molar-refractivity contribution is 8.15. The Labute approximate surface area is 151 Å². The number of rotatable bonds is 5.